The van der Waals surface area contributed by atoms with E-state index in [1.807, 2.05) is 0 Å². The summed E-state index contributed by atoms with van der Waals surface area (Å²) in [6.07, 6.45) is 1.62. The van der Waals surface area contributed by atoms with Crippen LogP contribution in [0.3, 0.4) is 0 Å². The van der Waals surface area contributed by atoms with E-state index in [0.29, 0.717) is 5.69 Å². The maximum absolute atomic E-state index is 11.9. The number of nitrogen functional groups attached to an aromatic ring is 1. The van der Waals surface area contributed by atoms with Crippen LogP contribution in [0.1, 0.15) is 5.69 Å². The Morgan fingerprint density at radius 1 is 1.59 bits per heavy atom. The molecule has 17 heavy (non-hydrogen) atoms. The molecule has 2 aromatic heterocycles. The Bertz CT molecular complexity index is 614. The van der Waals surface area contributed by atoms with Gasteiger partial charge >= 0.3 is 0 Å². The van der Waals surface area contributed by atoms with Crippen LogP contribution in [0.4, 0.5) is 5.69 Å². The van der Waals surface area contributed by atoms with Gasteiger partial charge in [0.05, 0.1) is 12.2 Å². The summed E-state index contributed by atoms with van der Waals surface area (Å²) in [5.74, 6) is 0. The van der Waals surface area contributed by atoms with Crippen molar-refractivity contribution < 1.29 is 8.42 Å². The number of sulfonamides is 1. The summed E-state index contributed by atoms with van der Waals surface area (Å²) < 4.78 is 28.1. The lowest BCUT2D eigenvalue weighted by Gasteiger charge is -2.04. The third-order valence-electron chi connectivity index (χ3n) is 2.23. The molecule has 0 aliphatic rings. The quantitative estimate of drug-likeness (QED) is 0.850. The Kier molecular flexibility index (Phi) is 3.18. The Morgan fingerprint density at radius 3 is 2.88 bits per heavy atom. The highest BCUT2D eigenvalue weighted by atomic mass is 32.2. The summed E-state index contributed by atoms with van der Waals surface area (Å²) >= 11 is 1.10. The molecular weight excluding hydrogens is 260 g/mol. The maximum Gasteiger partial charge on any atom is 0.250 e. The molecule has 0 aromatic carbocycles. The lowest BCUT2D eigenvalue weighted by Crippen LogP contribution is -2.23. The number of nitrogens with one attached hydrogen (secondary N) is 1. The molecule has 3 N–H and O–H groups in total. The number of aromatic nitrogens is 2. The molecule has 92 valence electrons. The molecule has 0 aliphatic carbocycles. The number of rotatable bonds is 4. The summed E-state index contributed by atoms with van der Waals surface area (Å²) in [7, 11) is -1.73. The van der Waals surface area contributed by atoms with E-state index in [0.717, 1.165) is 17.0 Å². The number of aryl methyl sites for hydroxylation is 1. The standard InChI is InChI=1S/C9H12N4O2S2/c1-13-8(2-3-11-13)5-12-17(14,15)9-4-7(10)6-16-9/h2-4,6,12H,5,10H2,1H3. The van der Waals surface area contributed by atoms with Crippen molar-refractivity contribution in [2.24, 2.45) is 7.05 Å². The van der Waals surface area contributed by atoms with Gasteiger partial charge in [0.2, 0.25) is 10.0 Å². The smallest absolute Gasteiger partial charge is 0.250 e. The normalized spacial score (nSPS) is 11.8. The van der Waals surface area contributed by atoms with E-state index in [-0.39, 0.29) is 10.8 Å². The Hall–Kier alpha value is -1.38. The fraction of sp³-hybridized carbons (Fsp3) is 0.222. The molecular formula is C9H12N4O2S2. The number of thiophene rings is 1. The molecule has 6 nitrogen and oxygen atoms in total. The minimum Gasteiger partial charge on any atom is -0.398 e. The van der Waals surface area contributed by atoms with Crippen LogP contribution in [-0.4, -0.2) is 18.2 Å². The fourth-order valence-corrected chi connectivity index (χ4v) is 3.41. The maximum atomic E-state index is 11.9. The van der Waals surface area contributed by atoms with Gasteiger partial charge in [-0.2, -0.15) is 5.10 Å². The summed E-state index contributed by atoms with van der Waals surface area (Å²) in [6.45, 7) is 0.205. The van der Waals surface area contributed by atoms with E-state index in [9.17, 15) is 8.42 Å². The molecule has 0 amide bonds. The Labute approximate surface area is 103 Å². The number of nitrogens with two attached hydrogens (primary N) is 1. The molecule has 0 saturated carbocycles. The molecule has 2 rings (SSSR count). The number of nitrogens with zero attached hydrogens (tertiary/aromatic N) is 2. The van der Waals surface area contributed by atoms with Crippen LogP contribution in [-0.2, 0) is 23.6 Å². The van der Waals surface area contributed by atoms with Gasteiger partial charge in [-0.05, 0) is 12.1 Å². The average Bonchev–Trinajstić information content (AvgIpc) is 2.85. The first kappa shape index (κ1) is 12.1. The second-order valence-corrected chi connectivity index (χ2v) is 6.37. The first-order chi connectivity index (χ1) is 7.99. The summed E-state index contributed by atoms with van der Waals surface area (Å²) in [5, 5.41) is 5.55. The van der Waals surface area contributed by atoms with E-state index >= 15 is 0 Å². The van der Waals surface area contributed by atoms with Crippen LogP contribution < -0.4 is 10.5 Å². The third kappa shape index (κ3) is 2.65. The van der Waals surface area contributed by atoms with E-state index in [2.05, 4.69) is 9.82 Å². The SMILES string of the molecule is Cn1nccc1CNS(=O)(=O)c1cc(N)cs1. The lowest BCUT2D eigenvalue weighted by molar-refractivity contribution is 0.579. The van der Waals surface area contributed by atoms with Crippen molar-refractivity contribution in [3.8, 4) is 0 Å². The van der Waals surface area contributed by atoms with Gasteiger partial charge in [0, 0.05) is 24.3 Å². The van der Waals surface area contributed by atoms with Crippen LogP contribution in [0.15, 0.2) is 27.9 Å². The molecule has 0 saturated heterocycles. The highest BCUT2D eigenvalue weighted by Gasteiger charge is 2.16. The van der Waals surface area contributed by atoms with Crippen LogP contribution in [0, 0.1) is 0 Å². The molecule has 0 unspecified atom stereocenters. The molecule has 0 bridgehead atoms. The first-order valence-electron chi connectivity index (χ1n) is 4.79. The minimum absolute atomic E-state index is 0.205. The number of hydrogen-bond donors (Lipinski definition) is 2. The largest absolute Gasteiger partial charge is 0.398 e. The van der Waals surface area contributed by atoms with Gasteiger partial charge in [-0.15, -0.1) is 11.3 Å². The van der Waals surface area contributed by atoms with Crippen molar-refractivity contribution in [3.05, 3.63) is 29.4 Å². The Morgan fingerprint density at radius 2 is 2.35 bits per heavy atom. The van der Waals surface area contributed by atoms with Crippen molar-refractivity contribution in [3.63, 3.8) is 0 Å². The third-order valence-corrected chi connectivity index (χ3v) is 5.09. The van der Waals surface area contributed by atoms with Gasteiger partial charge in [-0.1, -0.05) is 0 Å². The average molecular weight is 272 g/mol. The second kappa shape index (κ2) is 4.47. The first-order valence-corrected chi connectivity index (χ1v) is 7.16. The van der Waals surface area contributed by atoms with Crippen LogP contribution >= 0.6 is 11.3 Å². The zero-order valence-electron chi connectivity index (χ0n) is 9.12. The van der Waals surface area contributed by atoms with Crippen molar-refractivity contribution >= 4 is 27.0 Å². The molecule has 8 heteroatoms. The summed E-state index contributed by atoms with van der Waals surface area (Å²) in [5.41, 5.74) is 6.74. The zero-order chi connectivity index (χ0) is 12.5. The van der Waals surface area contributed by atoms with Gasteiger partial charge in [0.25, 0.3) is 0 Å². The van der Waals surface area contributed by atoms with Crippen molar-refractivity contribution in [2.75, 3.05) is 5.73 Å². The summed E-state index contributed by atoms with van der Waals surface area (Å²) in [6, 6.07) is 3.20. The van der Waals surface area contributed by atoms with Gasteiger partial charge < -0.3 is 5.73 Å². The molecule has 2 aromatic rings. The van der Waals surface area contributed by atoms with Crippen molar-refractivity contribution in [1.82, 2.24) is 14.5 Å². The highest BCUT2D eigenvalue weighted by Crippen LogP contribution is 2.21. The predicted octanol–water partition coefficient (Wildman–Crippen LogP) is 0.542. The van der Waals surface area contributed by atoms with E-state index < -0.39 is 10.0 Å². The molecule has 0 spiro atoms. The molecule has 2 heterocycles. The second-order valence-electron chi connectivity index (χ2n) is 3.47. The lowest BCUT2D eigenvalue weighted by atomic mass is 10.4. The van der Waals surface area contributed by atoms with Crippen LogP contribution in [0.5, 0.6) is 0 Å². The molecule has 0 aliphatic heterocycles. The fourth-order valence-electron chi connectivity index (χ4n) is 1.29. The topological polar surface area (TPSA) is 90.0 Å². The van der Waals surface area contributed by atoms with Gasteiger partial charge in [0.1, 0.15) is 4.21 Å². The van der Waals surface area contributed by atoms with Gasteiger partial charge in [-0.25, -0.2) is 13.1 Å². The molecule has 0 fully saturated rings. The van der Waals surface area contributed by atoms with Crippen LogP contribution in [0.25, 0.3) is 0 Å². The molecule has 0 atom stereocenters. The van der Waals surface area contributed by atoms with Crippen LogP contribution in [0.2, 0.25) is 0 Å². The minimum atomic E-state index is -3.48. The molecule has 0 radical (unpaired) electrons. The predicted molar refractivity (Wildman–Crippen MR) is 66.0 cm³/mol. The Balaban J connectivity index is 2.11. The van der Waals surface area contributed by atoms with Crippen molar-refractivity contribution in [2.45, 2.75) is 10.8 Å². The number of hydrogen-bond acceptors (Lipinski definition) is 5. The van der Waals surface area contributed by atoms with E-state index in [1.165, 1.54) is 6.07 Å². The zero-order valence-corrected chi connectivity index (χ0v) is 10.8. The van der Waals surface area contributed by atoms with Crippen molar-refractivity contribution in [1.29, 1.82) is 0 Å². The van der Waals surface area contributed by atoms with Gasteiger partial charge in [0.15, 0.2) is 0 Å². The number of anilines is 1. The van der Waals surface area contributed by atoms with Gasteiger partial charge in [-0.3, -0.25) is 4.68 Å². The monoisotopic (exact) mass is 272 g/mol. The summed E-state index contributed by atoms with van der Waals surface area (Å²) in [4.78, 5) is 0. The van der Waals surface area contributed by atoms with E-state index in [1.54, 1.807) is 29.4 Å². The van der Waals surface area contributed by atoms with E-state index in [4.69, 9.17) is 5.73 Å². The highest BCUT2D eigenvalue weighted by molar-refractivity contribution is 7.91.